The maximum atomic E-state index is 6.27. The van der Waals surface area contributed by atoms with E-state index in [0.29, 0.717) is 0 Å². The normalized spacial score (nSPS) is 10.8. The van der Waals surface area contributed by atoms with E-state index in [1.807, 2.05) is 26.8 Å². The molecule has 0 aliphatic heterocycles. The fraction of sp³-hybridized carbons (Fsp3) is 0.250. The molecule has 1 aromatic heterocycles. The Morgan fingerprint density at radius 3 is 2.44 bits per heavy atom. The molecule has 0 spiro atoms. The van der Waals surface area contributed by atoms with Crippen molar-refractivity contribution >= 4 is 21.0 Å². The zero-order valence-corrected chi connectivity index (χ0v) is 11.5. The summed E-state index contributed by atoms with van der Waals surface area (Å²) in [6.45, 7) is 6.08. The van der Waals surface area contributed by atoms with Gasteiger partial charge in [-0.05, 0) is 41.8 Å². The third kappa shape index (κ3) is 1.88. The largest absolute Gasteiger partial charge is 0.255 e. The third-order valence-electron chi connectivity index (χ3n) is 2.72. The summed E-state index contributed by atoms with van der Waals surface area (Å²) in [4.78, 5) is 0. The Labute approximate surface area is 103 Å². The minimum absolute atomic E-state index is 0.782. The lowest BCUT2D eigenvalue weighted by molar-refractivity contribution is 0.948. The molecule has 1 unspecified atom stereocenters. The topological polar surface area (TPSA) is 17.8 Å². The molecule has 0 radical (unpaired) electrons. The molecule has 2 nitrogen and oxygen atoms in total. The molecule has 2 aromatic rings. The average molecular weight is 253 g/mol. The Morgan fingerprint density at radius 2 is 1.94 bits per heavy atom. The van der Waals surface area contributed by atoms with Crippen LogP contribution in [0.4, 0.5) is 0 Å². The van der Waals surface area contributed by atoms with Gasteiger partial charge in [0.2, 0.25) is 0 Å². The van der Waals surface area contributed by atoms with E-state index >= 15 is 0 Å². The van der Waals surface area contributed by atoms with Gasteiger partial charge in [-0.15, -0.1) is 0 Å². The maximum absolute atomic E-state index is 6.27. The first-order chi connectivity index (χ1) is 7.50. The van der Waals surface area contributed by atoms with Crippen LogP contribution < -0.4 is 0 Å². The van der Waals surface area contributed by atoms with Crippen molar-refractivity contribution in [3.63, 3.8) is 0 Å². The predicted octanol–water partition coefficient (Wildman–Crippen LogP) is 3.77. The zero-order valence-electron chi connectivity index (χ0n) is 9.58. The van der Waals surface area contributed by atoms with Gasteiger partial charge in [-0.3, -0.25) is 4.45 Å². The first-order valence-electron chi connectivity index (χ1n) is 5.08. The summed E-state index contributed by atoms with van der Waals surface area (Å²) < 4.78 is 1.81. The Bertz CT molecular complexity index is 546. The highest BCUT2D eigenvalue weighted by Crippen LogP contribution is 2.33. The fourth-order valence-corrected chi connectivity index (χ4v) is 2.51. The standard InChI is InChI=1S/C12H14ClN2P/c1-7-4-5-10(11(13)6-7)12-8(2)14-15(16)9(12)3/h4-6H,16H2,1-3H3. The Hall–Kier alpha value is -0.850. The second-order valence-electron chi connectivity index (χ2n) is 3.97. The van der Waals surface area contributed by atoms with Crippen LogP contribution in [-0.2, 0) is 0 Å². The molecule has 16 heavy (non-hydrogen) atoms. The van der Waals surface area contributed by atoms with Gasteiger partial charge < -0.3 is 0 Å². The lowest BCUT2D eigenvalue weighted by atomic mass is 10.0. The van der Waals surface area contributed by atoms with Crippen LogP contribution >= 0.6 is 21.0 Å². The van der Waals surface area contributed by atoms with Crippen molar-refractivity contribution in [3.05, 3.63) is 40.2 Å². The molecule has 84 valence electrons. The van der Waals surface area contributed by atoms with Crippen molar-refractivity contribution < 1.29 is 0 Å². The average Bonchev–Trinajstić information content (AvgIpc) is 2.43. The smallest absolute Gasteiger partial charge is 0.0678 e. The van der Waals surface area contributed by atoms with Gasteiger partial charge in [-0.1, -0.05) is 23.7 Å². The van der Waals surface area contributed by atoms with Crippen LogP contribution in [0, 0.1) is 20.8 Å². The molecule has 0 N–H and O–H groups in total. The summed E-state index contributed by atoms with van der Waals surface area (Å²) in [5.74, 6) is 0. The lowest BCUT2D eigenvalue weighted by Crippen LogP contribution is -1.86. The maximum Gasteiger partial charge on any atom is 0.0678 e. The Kier molecular flexibility index (Phi) is 3.05. The Balaban J connectivity index is 2.67. The number of benzene rings is 1. The van der Waals surface area contributed by atoms with Crippen LogP contribution in [0.1, 0.15) is 17.0 Å². The van der Waals surface area contributed by atoms with Crippen LogP contribution in [0.2, 0.25) is 5.02 Å². The van der Waals surface area contributed by atoms with Gasteiger partial charge in [0.05, 0.1) is 5.69 Å². The summed E-state index contributed by atoms with van der Waals surface area (Å²) in [7, 11) is 2.58. The van der Waals surface area contributed by atoms with E-state index in [1.165, 1.54) is 5.56 Å². The minimum atomic E-state index is 0.782. The quantitative estimate of drug-likeness (QED) is 0.707. The number of rotatable bonds is 1. The van der Waals surface area contributed by atoms with Gasteiger partial charge in [-0.2, -0.15) is 5.10 Å². The molecule has 2 rings (SSSR count). The molecule has 1 atom stereocenters. The van der Waals surface area contributed by atoms with E-state index in [2.05, 4.69) is 26.6 Å². The van der Waals surface area contributed by atoms with Crippen molar-refractivity contribution in [1.82, 2.24) is 9.55 Å². The summed E-state index contributed by atoms with van der Waals surface area (Å²) in [5.41, 5.74) is 5.45. The van der Waals surface area contributed by atoms with Gasteiger partial charge in [-0.25, -0.2) is 0 Å². The van der Waals surface area contributed by atoms with Crippen molar-refractivity contribution in [3.8, 4) is 11.1 Å². The van der Waals surface area contributed by atoms with Gasteiger partial charge >= 0.3 is 0 Å². The second kappa shape index (κ2) is 4.20. The van der Waals surface area contributed by atoms with Crippen molar-refractivity contribution in [2.24, 2.45) is 0 Å². The number of hydrogen-bond acceptors (Lipinski definition) is 1. The molecule has 0 bridgehead atoms. The van der Waals surface area contributed by atoms with Crippen molar-refractivity contribution in [2.75, 3.05) is 0 Å². The molecule has 0 aliphatic rings. The minimum Gasteiger partial charge on any atom is -0.255 e. The van der Waals surface area contributed by atoms with Gasteiger partial charge in [0.25, 0.3) is 0 Å². The van der Waals surface area contributed by atoms with Crippen molar-refractivity contribution in [2.45, 2.75) is 20.8 Å². The van der Waals surface area contributed by atoms with E-state index in [-0.39, 0.29) is 0 Å². The van der Waals surface area contributed by atoms with Crippen molar-refractivity contribution in [1.29, 1.82) is 0 Å². The molecular formula is C12H14ClN2P. The molecule has 1 aromatic carbocycles. The number of halogens is 1. The second-order valence-corrected chi connectivity index (χ2v) is 4.87. The molecule has 0 aliphatic carbocycles. The zero-order chi connectivity index (χ0) is 11.9. The molecular weight excluding hydrogens is 239 g/mol. The number of aryl methyl sites for hydroxylation is 2. The highest BCUT2D eigenvalue weighted by molar-refractivity contribution is 7.14. The lowest BCUT2D eigenvalue weighted by Gasteiger charge is -2.06. The molecule has 1 heterocycles. The monoisotopic (exact) mass is 252 g/mol. The van der Waals surface area contributed by atoms with E-state index in [9.17, 15) is 0 Å². The van der Waals surface area contributed by atoms with E-state index in [1.54, 1.807) is 4.45 Å². The first kappa shape index (κ1) is 11.6. The summed E-state index contributed by atoms with van der Waals surface area (Å²) in [5, 5.41) is 5.15. The van der Waals surface area contributed by atoms with E-state index in [0.717, 1.165) is 27.5 Å². The van der Waals surface area contributed by atoms with Crippen LogP contribution in [0.5, 0.6) is 0 Å². The summed E-state index contributed by atoms with van der Waals surface area (Å²) in [6, 6.07) is 6.11. The molecule has 0 fully saturated rings. The highest BCUT2D eigenvalue weighted by Gasteiger charge is 2.14. The summed E-state index contributed by atoms with van der Waals surface area (Å²) in [6.07, 6.45) is 0. The van der Waals surface area contributed by atoms with E-state index < -0.39 is 0 Å². The number of nitrogens with zero attached hydrogens (tertiary/aromatic N) is 2. The van der Waals surface area contributed by atoms with Crippen LogP contribution in [-0.4, -0.2) is 9.55 Å². The SMILES string of the molecule is Cc1ccc(-c2c(C)nn(P)c2C)c(Cl)c1. The molecule has 0 saturated carbocycles. The summed E-state index contributed by atoms with van der Waals surface area (Å²) >= 11 is 6.27. The molecule has 0 saturated heterocycles. The molecule has 4 heteroatoms. The predicted molar refractivity (Wildman–Crippen MR) is 72.0 cm³/mol. The van der Waals surface area contributed by atoms with Gasteiger partial charge in [0.15, 0.2) is 0 Å². The Morgan fingerprint density at radius 1 is 1.25 bits per heavy atom. The van der Waals surface area contributed by atoms with Crippen LogP contribution in [0.3, 0.4) is 0 Å². The van der Waals surface area contributed by atoms with Crippen LogP contribution in [0.15, 0.2) is 18.2 Å². The van der Waals surface area contributed by atoms with E-state index in [4.69, 9.17) is 11.6 Å². The number of hydrogen-bond donors (Lipinski definition) is 0. The molecule has 0 amide bonds. The van der Waals surface area contributed by atoms with Gasteiger partial charge in [0.1, 0.15) is 0 Å². The van der Waals surface area contributed by atoms with Gasteiger partial charge in [0, 0.05) is 21.8 Å². The fourth-order valence-electron chi connectivity index (χ4n) is 1.88. The number of aromatic nitrogens is 2. The first-order valence-corrected chi connectivity index (χ1v) is 5.98. The van der Waals surface area contributed by atoms with Crippen LogP contribution in [0.25, 0.3) is 11.1 Å². The highest BCUT2D eigenvalue weighted by atomic mass is 35.5. The third-order valence-corrected chi connectivity index (χ3v) is 3.53.